The zero-order valence-corrected chi connectivity index (χ0v) is 11.7. The van der Waals surface area contributed by atoms with Gasteiger partial charge in [-0.05, 0) is 30.0 Å². The van der Waals surface area contributed by atoms with E-state index < -0.39 is 23.2 Å². The Labute approximate surface area is 117 Å². The van der Waals surface area contributed by atoms with E-state index in [2.05, 4.69) is 5.32 Å². The number of rotatable bonds is 4. The molecule has 3 atom stereocenters. The number of amides is 1. The molecule has 0 heterocycles. The van der Waals surface area contributed by atoms with Gasteiger partial charge in [-0.1, -0.05) is 26.0 Å². The van der Waals surface area contributed by atoms with Crippen LogP contribution in [0, 0.1) is 23.1 Å². The molecule has 2 unspecified atom stereocenters. The van der Waals surface area contributed by atoms with E-state index in [-0.39, 0.29) is 17.8 Å². The third kappa shape index (κ3) is 2.53. The average Bonchev–Trinajstić information content (AvgIpc) is 2.92. The van der Waals surface area contributed by atoms with Gasteiger partial charge in [0.1, 0.15) is 5.82 Å². The number of carboxylic acids is 1. The molecule has 108 valence electrons. The van der Waals surface area contributed by atoms with Crippen LogP contribution in [0.15, 0.2) is 24.3 Å². The zero-order valence-electron chi connectivity index (χ0n) is 11.7. The molecule has 1 aliphatic carbocycles. The largest absolute Gasteiger partial charge is 0.481 e. The molecular formula is C15H18FNO3. The Kier molecular flexibility index (Phi) is 3.54. The second-order valence-corrected chi connectivity index (χ2v) is 5.90. The highest BCUT2D eigenvalue weighted by molar-refractivity contribution is 5.91. The number of aliphatic carboxylic acids is 1. The van der Waals surface area contributed by atoms with Gasteiger partial charge in [-0.2, -0.15) is 0 Å². The Balaban J connectivity index is 2.04. The number of halogens is 1. The molecule has 2 N–H and O–H groups in total. The van der Waals surface area contributed by atoms with E-state index in [1.165, 1.54) is 12.1 Å². The SMILES string of the molecule is C[C@H](NC(=O)C1C(C(=O)O)C1(C)C)c1cccc(F)c1. The molecule has 0 radical (unpaired) electrons. The van der Waals surface area contributed by atoms with Crippen molar-refractivity contribution >= 4 is 11.9 Å². The number of hydrogen-bond acceptors (Lipinski definition) is 2. The molecule has 1 aliphatic rings. The van der Waals surface area contributed by atoms with Crippen LogP contribution < -0.4 is 5.32 Å². The lowest BCUT2D eigenvalue weighted by Gasteiger charge is -2.15. The molecule has 5 heteroatoms. The lowest BCUT2D eigenvalue weighted by Crippen LogP contribution is -2.30. The van der Waals surface area contributed by atoms with E-state index in [1.807, 2.05) is 0 Å². The molecule has 1 amide bonds. The van der Waals surface area contributed by atoms with Crippen molar-refractivity contribution in [2.75, 3.05) is 0 Å². The standard InChI is InChI=1S/C15H18FNO3/c1-8(9-5-4-6-10(16)7-9)17-13(18)11-12(14(19)20)15(11,2)3/h4-8,11-12H,1-3H3,(H,17,18)(H,19,20)/t8-,11?,12?/m0/s1. The van der Waals surface area contributed by atoms with Crippen molar-refractivity contribution in [3.8, 4) is 0 Å². The topological polar surface area (TPSA) is 66.4 Å². The van der Waals surface area contributed by atoms with Crippen molar-refractivity contribution in [2.45, 2.75) is 26.8 Å². The first kappa shape index (κ1) is 14.5. The van der Waals surface area contributed by atoms with Gasteiger partial charge in [0.2, 0.25) is 5.91 Å². The second-order valence-electron chi connectivity index (χ2n) is 5.90. The van der Waals surface area contributed by atoms with Crippen LogP contribution in [0.25, 0.3) is 0 Å². The third-order valence-corrected chi connectivity index (χ3v) is 4.08. The van der Waals surface area contributed by atoms with Crippen molar-refractivity contribution in [3.05, 3.63) is 35.6 Å². The van der Waals surface area contributed by atoms with Gasteiger partial charge in [0.05, 0.1) is 17.9 Å². The molecule has 1 fully saturated rings. The lowest BCUT2D eigenvalue weighted by molar-refractivity contribution is -0.140. The Morgan fingerprint density at radius 1 is 1.35 bits per heavy atom. The first-order valence-corrected chi connectivity index (χ1v) is 6.53. The number of carbonyl (C=O) groups is 2. The van der Waals surface area contributed by atoms with Gasteiger partial charge in [0, 0.05) is 0 Å². The fourth-order valence-corrected chi connectivity index (χ4v) is 2.75. The number of benzene rings is 1. The highest BCUT2D eigenvalue weighted by Gasteiger charge is 2.65. The minimum atomic E-state index is -0.950. The molecule has 4 nitrogen and oxygen atoms in total. The van der Waals surface area contributed by atoms with Gasteiger partial charge in [-0.3, -0.25) is 9.59 Å². The molecule has 0 spiro atoms. The van der Waals surface area contributed by atoms with Gasteiger partial charge in [-0.15, -0.1) is 0 Å². The van der Waals surface area contributed by atoms with E-state index in [9.17, 15) is 14.0 Å². The van der Waals surface area contributed by atoms with Crippen LogP contribution in [-0.4, -0.2) is 17.0 Å². The molecular weight excluding hydrogens is 261 g/mol. The van der Waals surface area contributed by atoms with Crippen LogP contribution in [0.5, 0.6) is 0 Å². The second kappa shape index (κ2) is 4.89. The molecule has 0 saturated heterocycles. The van der Waals surface area contributed by atoms with Crippen molar-refractivity contribution in [1.82, 2.24) is 5.32 Å². The summed E-state index contributed by atoms with van der Waals surface area (Å²) in [7, 11) is 0. The van der Waals surface area contributed by atoms with Crippen molar-refractivity contribution in [1.29, 1.82) is 0 Å². The maximum atomic E-state index is 13.1. The molecule has 0 bridgehead atoms. The summed E-state index contributed by atoms with van der Waals surface area (Å²) in [5.74, 6) is -2.79. The minimum Gasteiger partial charge on any atom is -0.481 e. The number of hydrogen-bond donors (Lipinski definition) is 2. The van der Waals surface area contributed by atoms with Gasteiger partial charge in [0.25, 0.3) is 0 Å². The summed E-state index contributed by atoms with van der Waals surface area (Å²) in [4.78, 5) is 23.2. The van der Waals surface area contributed by atoms with E-state index in [0.717, 1.165) is 0 Å². The summed E-state index contributed by atoms with van der Waals surface area (Å²) in [5, 5.41) is 11.8. The van der Waals surface area contributed by atoms with Crippen molar-refractivity contribution in [2.24, 2.45) is 17.3 Å². The maximum Gasteiger partial charge on any atom is 0.307 e. The maximum absolute atomic E-state index is 13.1. The fraction of sp³-hybridized carbons (Fsp3) is 0.467. The van der Waals surface area contributed by atoms with Crippen LogP contribution in [0.3, 0.4) is 0 Å². The highest BCUT2D eigenvalue weighted by atomic mass is 19.1. The molecule has 1 aromatic carbocycles. The summed E-state index contributed by atoms with van der Waals surface area (Å²) in [6.07, 6.45) is 0. The Morgan fingerprint density at radius 2 is 2.00 bits per heavy atom. The quantitative estimate of drug-likeness (QED) is 0.889. The molecule has 1 saturated carbocycles. The predicted molar refractivity (Wildman–Crippen MR) is 71.4 cm³/mol. The molecule has 0 aliphatic heterocycles. The van der Waals surface area contributed by atoms with E-state index in [1.54, 1.807) is 32.9 Å². The Morgan fingerprint density at radius 3 is 2.50 bits per heavy atom. The van der Waals surface area contributed by atoms with Gasteiger partial charge < -0.3 is 10.4 Å². The normalized spacial score (nSPS) is 24.8. The molecule has 1 aromatic rings. The summed E-state index contributed by atoms with van der Waals surface area (Å²) in [6, 6.07) is 5.64. The molecule has 20 heavy (non-hydrogen) atoms. The van der Waals surface area contributed by atoms with Crippen LogP contribution >= 0.6 is 0 Å². The number of carboxylic acid groups (broad SMARTS) is 1. The van der Waals surface area contributed by atoms with E-state index >= 15 is 0 Å². The van der Waals surface area contributed by atoms with Gasteiger partial charge >= 0.3 is 5.97 Å². The zero-order chi connectivity index (χ0) is 15.1. The van der Waals surface area contributed by atoms with Gasteiger partial charge in [-0.25, -0.2) is 4.39 Å². The third-order valence-electron chi connectivity index (χ3n) is 4.08. The molecule has 2 rings (SSSR count). The average molecular weight is 279 g/mol. The van der Waals surface area contributed by atoms with Crippen LogP contribution in [0.2, 0.25) is 0 Å². The number of nitrogens with one attached hydrogen (secondary N) is 1. The summed E-state index contributed by atoms with van der Waals surface area (Å²) in [5.41, 5.74) is 0.126. The van der Waals surface area contributed by atoms with Gasteiger partial charge in [0.15, 0.2) is 0 Å². The van der Waals surface area contributed by atoms with E-state index in [4.69, 9.17) is 5.11 Å². The minimum absolute atomic E-state index is 0.292. The van der Waals surface area contributed by atoms with Crippen molar-refractivity contribution < 1.29 is 19.1 Å². The fourth-order valence-electron chi connectivity index (χ4n) is 2.75. The predicted octanol–water partition coefficient (Wildman–Crippen LogP) is 2.36. The smallest absolute Gasteiger partial charge is 0.307 e. The van der Waals surface area contributed by atoms with E-state index in [0.29, 0.717) is 5.56 Å². The van der Waals surface area contributed by atoms with Crippen LogP contribution in [-0.2, 0) is 9.59 Å². The summed E-state index contributed by atoms with van der Waals surface area (Å²) >= 11 is 0. The number of carbonyl (C=O) groups excluding carboxylic acids is 1. The Bertz CT molecular complexity index is 556. The van der Waals surface area contributed by atoms with Crippen molar-refractivity contribution in [3.63, 3.8) is 0 Å². The highest BCUT2D eigenvalue weighted by Crippen LogP contribution is 2.58. The first-order valence-electron chi connectivity index (χ1n) is 6.53. The molecule has 0 aromatic heterocycles. The first-order chi connectivity index (χ1) is 9.25. The summed E-state index contributed by atoms with van der Waals surface area (Å²) < 4.78 is 13.1. The lowest BCUT2D eigenvalue weighted by atomic mass is 10.1. The summed E-state index contributed by atoms with van der Waals surface area (Å²) in [6.45, 7) is 5.28. The van der Waals surface area contributed by atoms with Crippen LogP contribution in [0.1, 0.15) is 32.4 Å². The van der Waals surface area contributed by atoms with Crippen LogP contribution in [0.4, 0.5) is 4.39 Å². The Hall–Kier alpha value is -1.91. The monoisotopic (exact) mass is 279 g/mol.